The second-order valence-corrected chi connectivity index (χ2v) is 6.00. The molecule has 1 aromatic heterocycles. The highest BCUT2D eigenvalue weighted by Crippen LogP contribution is 2.24. The van der Waals surface area contributed by atoms with Gasteiger partial charge in [0.2, 0.25) is 0 Å². The second kappa shape index (κ2) is 4.37. The van der Waals surface area contributed by atoms with Gasteiger partial charge in [0.05, 0.1) is 18.1 Å². The maximum atomic E-state index is 11.3. The lowest BCUT2D eigenvalue weighted by Crippen LogP contribution is -2.16. The Kier molecular flexibility index (Phi) is 3.57. The van der Waals surface area contributed by atoms with Crippen LogP contribution in [0.25, 0.3) is 0 Å². The molecule has 86 valence electrons. The van der Waals surface area contributed by atoms with Crippen molar-refractivity contribution >= 4 is 9.84 Å². The zero-order valence-corrected chi connectivity index (χ0v) is 9.97. The van der Waals surface area contributed by atoms with Gasteiger partial charge in [0.1, 0.15) is 5.76 Å². The van der Waals surface area contributed by atoms with Gasteiger partial charge in [-0.1, -0.05) is 6.92 Å². The number of aryl methyl sites for hydroxylation is 2. The van der Waals surface area contributed by atoms with Crippen LogP contribution < -0.4 is 0 Å². The van der Waals surface area contributed by atoms with Crippen LogP contribution in [0.1, 0.15) is 29.9 Å². The zero-order chi connectivity index (χ0) is 11.6. The van der Waals surface area contributed by atoms with E-state index >= 15 is 0 Å². The van der Waals surface area contributed by atoms with E-state index in [9.17, 15) is 13.5 Å². The summed E-state index contributed by atoms with van der Waals surface area (Å²) in [5.74, 6) is 0.372. The average Bonchev–Trinajstić information content (AvgIpc) is 2.45. The first kappa shape index (κ1) is 12.3. The molecule has 1 rings (SSSR count). The summed E-state index contributed by atoms with van der Waals surface area (Å²) in [7, 11) is -3.17. The summed E-state index contributed by atoms with van der Waals surface area (Å²) in [6.45, 7) is 5.06. The first-order valence-electron chi connectivity index (χ1n) is 4.80. The molecular formula is C10H16O4S. The van der Waals surface area contributed by atoms with Gasteiger partial charge in [-0.05, 0) is 19.4 Å². The van der Waals surface area contributed by atoms with Gasteiger partial charge in [0.15, 0.2) is 9.84 Å². The number of rotatable bonds is 4. The van der Waals surface area contributed by atoms with Crippen molar-refractivity contribution in [2.75, 3.05) is 11.5 Å². The van der Waals surface area contributed by atoms with E-state index in [4.69, 9.17) is 4.42 Å². The predicted octanol–water partition coefficient (Wildman–Crippen LogP) is 1.36. The van der Waals surface area contributed by atoms with Gasteiger partial charge in [-0.25, -0.2) is 8.42 Å². The molecule has 0 unspecified atom stereocenters. The van der Waals surface area contributed by atoms with Crippen LogP contribution in [0.3, 0.4) is 0 Å². The fourth-order valence-corrected chi connectivity index (χ4v) is 2.40. The maximum absolute atomic E-state index is 11.3. The molecule has 4 nitrogen and oxygen atoms in total. The Labute approximate surface area is 89.8 Å². The van der Waals surface area contributed by atoms with Crippen molar-refractivity contribution in [3.05, 3.63) is 23.2 Å². The van der Waals surface area contributed by atoms with Crippen LogP contribution in [0.5, 0.6) is 0 Å². The molecule has 0 aliphatic heterocycles. The third-order valence-corrected chi connectivity index (χ3v) is 4.10. The fourth-order valence-electron chi connectivity index (χ4n) is 1.52. The minimum Gasteiger partial charge on any atom is -0.469 e. The highest BCUT2D eigenvalue weighted by molar-refractivity contribution is 7.91. The number of hydrogen-bond donors (Lipinski definition) is 1. The Bertz CT molecular complexity index is 411. The molecule has 0 radical (unpaired) electrons. The van der Waals surface area contributed by atoms with Crippen molar-refractivity contribution in [3.63, 3.8) is 0 Å². The van der Waals surface area contributed by atoms with Crippen LogP contribution in [0.4, 0.5) is 0 Å². The normalized spacial score (nSPS) is 14.1. The van der Waals surface area contributed by atoms with Gasteiger partial charge in [0, 0.05) is 11.3 Å². The standard InChI is InChI=1S/C10H16O4S/c1-4-15(12,13)6-9(11)10-7(2)5-14-8(10)3/h5,9,11H,4,6H2,1-3H3/t9-/m1/s1. The molecule has 0 fully saturated rings. The first-order chi connectivity index (χ1) is 6.87. The molecule has 0 aliphatic carbocycles. The van der Waals surface area contributed by atoms with E-state index in [0.29, 0.717) is 11.3 Å². The van der Waals surface area contributed by atoms with Crippen molar-refractivity contribution in [1.82, 2.24) is 0 Å². The van der Waals surface area contributed by atoms with Crippen molar-refractivity contribution in [2.45, 2.75) is 26.9 Å². The topological polar surface area (TPSA) is 67.5 Å². The third-order valence-electron chi connectivity index (χ3n) is 2.40. The lowest BCUT2D eigenvalue weighted by molar-refractivity contribution is 0.199. The number of aliphatic hydroxyl groups is 1. The van der Waals surface area contributed by atoms with Crippen LogP contribution in [-0.4, -0.2) is 25.0 Å². The van der Waals surface area contributed by atoms with Crippen LogP contribution in [-0.2, 0) is 9.84 Å². The summed E-state index contributed by atoms with van der Waals surface area (Å²) < 4.78 is 27.8. The summed E-state index contributed by atoms with van der Waals surface area (Å²) in [5, 5.41) is 9.80. The number of sulfone groups is 1. The van der Waals surface area contributed by atoms with Gasteiger partial charge in [0.25, 0.3) is 0 Å². The van der Waals surface area contributed by atoms with Gasteiger partial charge in [-0.2, -0.15) is 0 Å². The Morgan fingerprint density at radius 2 is 2.07 bits per heavy atom. The Balaban J connectivity index is 2.91. The van der Waals surface area contributed by atoms with E-state index < -0.39 is 15.9 Å². The van der Waals surface area contributed by atoms with Crippen LogP contribution >= 0.6 is 0 Å². The van der Waals surface area contributed by atoms with E-state index in [2.05, 4.69) is 0 Å². The lowest BCUT2D eigenvalue weighted by atomic mass is 10.1. The maximum Gasteiger partial charge on any atom is 0.152 e. The van der Waals surface area contributed by atoms with Gasteiger partial charge < -0.3 is 9.52 Å². The highest BCUT2D eigenvalue weighted by Gasteiger charge is 2.21. The predicted molar refractivity (Wildman–Crippen MR) is 57.5 cm³/mol. The number of hydrogen-bond acceptors (Lipinski definition) is 4. The average molecular weight is 232 g/mol. The van der Waals surface area contributed by atoms with Crippen LogP contribution in [0, 0.1) is 13.8 Å². The number of furan rings is 1. The molecule has 1 heterocycles. The quantitative estimate of drug-likeness (QED) is 0.851. The van der Waals surface area contributed by atoms with E-state index in [-0.39, 0.29) is 11.5 Å². The van der Waals surface area contributed by atoms with Crippen LogP contribution in [0.15, 0.2) is 10.7 Å². The Morgan fingerprint density at radius 1 is 1.47 bits per heavy atom. The molecule has 0 saturated heterocycles. The number of aliphatic hydroxyl groups excluding tert-OH is 1. The molecule has 1 N–H and O–H groups in total. The molecule has 15 heavy (non-hydrogen) atoms. The zero-order valence-electron chi connectivity index (χ0n) is 9.15. The van der Waals surface area contributed by atoms with Crippen molar-refractivity contribution in [3.8, 4) is 0 Å². The Morgan fingerprint density at radius 3 is 2.47 bits per heavy atom. The highest BCUT2D eigenvalue weighted by atomic mass is 32.2. The molecule has 5 heteroatoms. The van der Waals surface area contributed by atoms with Gasteiger partial charge in [-0.3, -0.25) is 0 Å². The largest absolute Gasteiger partial charge is 0.469 e. The Hall–Kier alpha value is -0.810. The van der Waals surface area contributed by atoms with E-state index in [1.807, 2.05) is 0 Å². The molecule has 0 bridgehead atoms. The third kappa shape index (κ3) is 2.82. The summed E-state index contributed by atoms with van der Waals surface area (Å²) >= 11 is 0. The first-order valence-corrected chi connectivity index (χ1v) is 6.62. The van der Waals surface area contributed by atoms with Gasteiger partial charge in [-0.15, -0.1) is 0 Å². The lowest BCUT2D eigenvalue weighted by Gasteiger charge is -2.10. The molecule has 0 aromatic carbocycles. The smallest absolute Gasteiger partial charge is 0.152 e. The van der Waals surface area contributed by atoms with Crippen molar-refractivity contribution in [1.29, 1.82) is 0 Å². The van der Waals surface area contributed by atoms with Crippen LogP contribution in [0.2, 0.25) is 0 Å². The summed E-state index contributed by atoms with van der Waals surface area (Å²) in [4.78, 5) is 0. The SMILES string of the molecule is CCS(=O)(=O)C[C@@H](O)c1c(C)coc1C. The summed E-state index contributed by atoms with van der Waals surface area (Å²) in [5.41, 5.74) is 1.37. The van der Waals surface area contributed by atoms with Crippen molar-refractivity contribution in [2.24, 2.45) is 0 Å². The minimum absolute atomic E-state index is 0.0417. The molecule has 1 atom stereocenters. The van der Waals surface area contributed by atoms with Crippen molar-refractivity contribution < 1.29 is 17.9 Å². The van der Waals surface area contributed by atoms with E-state index in [1.165, 1.54) is 6.26 Å². The fraction of sp³-hybridized carbons (Fsp3) is 0.600. The molecular weight excluding hydrogens is 216 g/mol. The molecule has 0 spiro atoms. The molecule has 0 saturated carbocycles. The van der Waals surface area contributed by atoms with E-state index in [1.54, 1.807) is 20.8 Å². The van der Waals surface area contributed by atoms with Gasteiger partial charge >= 0.3 is 0 Å². The monoisotopic (exact) mass is 232 g/mol. The second-order valence-electron chi connectivity index (χ2n) is 3.60. The molecule has 1 aromatic rings. The molecule has 0 amide bonds. The summed E-state index contributed by atoms with van der Waals surface area (Å²) in [6.07, 6.45) is 0.528. The minimum atomic E-state index is -3.17. The molecule has 0 aliphatic rings. The summed E-state index contributed by atoms with van der Waals surface area (Å²) in [6, 6.07) is 0. The van der Waals surface area contributed by atoms with E-state index in [0.717, 1.165) is 5.56 Å².